The van der Waals surface area contributed by atoms with E-state index in [2.05, 4.69) is 5.32 Å². The molecule has 2 amide bonds. The molecule has 0 fully saturated rings. The van der Waals surface area contributed by atoms with Gasteiger partial charge >= 0.3 is 0 Å². The van der Waals surface area contributed by atoms with Crippen LogP contribution in [-0.4, -0.2) is 18.4 Å². The van der Waals surface area contributed by atoms with Gasteiger partial charge in [-0.25, -0.2) is 0 Å². The van der Waals surface area contributed by atoms with Crippen LogP contribution in [0.15, 0.2) is 54.1 Å². The van der Waals surface area contributed by atoms with Crippen molar-refractivity contribution in [3.63, 3.8) is 0 Å². The number of fused-ring (bicyclic) bond motifs is 1. The standard InChI is InChI=1S/C20H20N2O2/c1-14(12-16-6-4-3-5-7-16)20(24)21-18-9-8-17-10-11-22(15(2)23)19(17)13-18/h3-9,12-13H,10-11H2,1-2H3,(H,21,24)/b14-12+. The van der Waals surface area contributed by atoms with Crippen LogP contribution in [0.3, 0.4) is 0 Å². The fourth-order valence-electron chi connectivity index (χ4n) is 2.88. The molecule has 122 valence electrons. The number of nitrogens with zero attached hydrogens (tertiary/aromatic N) is 1. The van der Waals surface area contributed by atoms with Crippen molar-refractivity contribution in [1.29, 1.82) is 0 Å². The Labute approximate surface area is 141 Å². The highest BCUT2D eigenvalue weighted by Crippen LogP contribution is 2.31. The van der Waals surface area contributed by atoms with E-state index in [1.165, 1.54) is 0 Å². The lowest BCUT2D eigenvalue weighted by Crippen LogP contribution is -2.25. The summed E-state index contributed by atoms with van der Waals surface area (Å²) in [5, 5.41) is 2.91. The molecule has 0 atom stereocenters. The summed E-state index contributed by atoms with van der Waals surface area (Å²) in [7, 11) is 0. The van der Waals surface area contributed by atoms with Gasteiger partial charge in [-0.3, -0.25) is 9.59 Å². The number of anilines is 2. The van der Waals surface area contributed by atoms with Crippen LogP contribution < -0.4 is 10.2 Å². The van der Waals surface area contributed by atoms with Gasteiger partial charge in [-0.05, 0) is 42.7 Å². The smallest absolute Gasteiger partial charge is 0.251 e. The Morgan fingerprint density at radius 3 is 2.54 bits per heavy atom. The summed E-state index contributed by atoms with van der Waals surface area (Å²) in [4.78, 5) is 25.8. The van der Waals surface area contributed by atoms with E-state index in [1.807, 2.05) is 54.6 Å². The van der Waals surface area contributed by atoms with E-state index >= 15 is 0 Å². The molecule has 0 radical (unpaired) electrons. The van der Waals surface area contributed by atoms with Crippen LogP contribution in [0, 0.1) is 0 Å². The molecule has 2 aromatic rings. The van der Waals surface area contributed by atoms with Gasteiger partial charge in [-0.15, -0.1) is 0 Å². The number of nitrogens with one attached hydrogen (secondary N) is 1. The summed E-state index contributed by atoms with van der Waals surface area (Å²) in [5.41, 5.74) is 4.35. The van der Waals surface area contributed by atoms with Crippen molar-refractivity contribution in [2.45, 2.75) is 20.3 Å². The van der Waals surface area contributed by atoms with Gasteiger partial charge in [-0.2, -0.15) is 0 Å². The Bertz CT molecular complexity index is 810. The lowest BCUT2D eigenvalue weighted by molar-refractivity contribution is -0.116. The zero-order valence-corrected chi connectivity index (χ0v) is 13.9. The highest BCUT2D eigenvalue weighted by atomic mass is 16.2. The van der Waals surface area contributed by atoms with Gasteiger partial charge in [0.05, 0.1) is 0 Å². The van der Waals surface area contributed by atoms with E-state index in [0.717, 1.165) is 23.2 Å². The van der Waals surface area contributed by atoms with Crippen molar-refractivity contribution >= 4 is 29.3 Å². The minimum atomic E-state index is -0.147. The first-order chi connectivity index (χ1) is 11.5. The summed E-state index contributed by atoms with van der Waals surface area (Å²) in [6.45, 7) is 4.06. The van der Waals surface area contributed by atoms with E-state index < -0.39 is 0 Å². The molecule has 1 aliphatic rings. The molecular weight excluding hydrogens is 300 g/mol. The largest absolute Gasteiger partial charge is 0.322 e. The number of benzene rings is 2. The molecule has 0 unspecified atom stereocenters. The number of hydrogen-bond donors (Lipinski definition) is 1. The minimum Gasteiger partial charge on any atom is -0.322 e. The third kappa shape index (κ3) is 3.38. The van der Waals surface area contributed by atoms with E-state index in [9.17, 15) is 9.59 Å². The van der Waals surface area contributed by atoms with E-state index in [0.29, 0.717) is 17.8 Å². The van der Waals surface area contributed by atoms with Crippen LogP contribution in [0.5, 0.6) is 0 Å². The molecule has 0 saturated heterocycles. The van der Waals surface area contributed by atoms with Gasteiger partial charge < -0.3 is 10.2 Å². The van der Waals surface area contributed by atoms with Gasteiger partial charge in [0, 0.05) is 30.4 Å². The Morgan fingerprint density at radius 2 is 1.83 bits per heavy atom. The molecule has 4 heteroatoms. The highest BCUT2D eigenvalue weighted by Gasteiger charge is 2.22. The second kappa shape index (κ2) is 6.71. The molecule has 0 aliphatic carbocycles. The van der Waals surface area contributed by atoms with Crippen molar-refractivity contribution in [2.75, 3.05) is 16.8 Å². The molecular formula is C20H20N2O2. The summed E-state index contributed by atoms with van der Waals surface area (Å²) in [6.07, 6.45) is 2.71. The fraction of sp³-hybridized carbons (Fsp3) is 0.200. The van der Waals surface area contributed by atoms with Gasteiger partial charge in [0.1, 0.15) is 0 Å². The zero-order chi connectivity index (χ0) is 17.1. The topological polar surface area (TPSA) is 49.4 Å². The Balaban J connectivity index is 1.77. The molecule has 4 nitrogen and oxygen atoms in total. The lowest BCUT2D eigenvalue weighted by Gasteiger charge is -2.16. The first-order valence-electron chi connectivity index (χ1n) is 8.00. The third-order valence-corrected chi connectivity index (χ3v) is 4.16. The Morgan fingerprint density at radius 1 is 1.08 bits per heavy atom. The number of carbonyl (C=O) groups is 2. The average Bonchev–Trinajstić information content (AvgIpc) is 2.99. The lowest BCUT2D eigenvalue weighted by atomic mass is 10.1. The average molecular weight is 320 g/mol. The molecule has 0 saturated carbocycles. The second-order valence-corrected chi connectivity index (χ2v) is 5.96. The highest BCUT2D eigenvalue weighted by molar-refractivity contribution is 6.06. The van der Waals surface area contributed by atoms with Crippen LogP contribution in [0.2, 0.25) is 0 Å². The first kappa shape index (κ1) is 16.0. The van der Waals surface area contributed by atoms with Crippen molar-refractivity contribution in [3.8, 4) is 0 Å². The summed E-state index contributed by atoms with van der Waals surface area (Å²) in [5.74, 6) is -0.122. The normalized spacial score (nSPS) is 13.6. The predicted octanol–water partition coefficient (Wildman–Crippen LogP) is 3.64. The fourth-order valence-corrected chi connectivity index (χ4v) is 2.88. The number of amides is 2. The maximum Gasteiger partial charge on any atom is 0.251 e. The molecule has 1 aliphatic heterocycles. The number of rotatable bonds is 3. The quantitative estimate of drug-likeness (QED) is 0.878. The molecule has 0 aromatic heterocycles. The molecule has 1 heterocycles. The zero-order valence-electron chi connectivity index (χ0n) is 13.9. The van der Waals surface area contributed by atoms with Crippen molar-refractivity contribution in [2.24, 2.45) is 0 Å². The third-order valence-electron chi connectivity index (χ3n) is 4.16. The van der Waals surface area contributed by atoms with Crippen LogP contribution in [0.25, 0.3) is 6.08 Å². The predicted molar refractivity (Wildman–Crippen MR) is 96.9 cm³/mol. The molecule has 2 aromatic carbocycles. The molecule has 3 rings (SSSR count). The van der Waals surface area contributed by atoms with Crippen LogP contribution >= 0.6 is 0 Å². The van der Waals surface area contributed by atoms with E-state index in [-0.39, 0.29) is 11.8 Å². The van der Waals surface area contributed by atoms with Crippen molar-refractivity contribution in [3.05, 3.63) is 65.2 Å². The maximum atomic E-state index is 12.4. The minimum absolute atomic E-state index is 0.0254. The van der Waals surface area contributed by atoms with Crippen LogP contribution in [0.1, 0.15) is 25.0 Å². The molecule has 24 heavy (non-hydrogen) atoms. The van der Waals surface area contributed by atoms with Crippen LogP contribution in [0.4, 0.5) is 11.4 Å². The summed E-state index contributed by atoms with van der Waals surface area (Å²) < 4.78 is 0. The second-order valence-electron chi connectivity index (χ2n) is 5.96. The SMILES string of the molecule is CC(=O)N1CCc2ccc(NC(=O)/C(C)=C/c3ccccc3)cc21. The molecule has 0 spiro atoms. The van der Waals surface area contributed by atoms with E-state index in [1.54, 1.807) is 18.7 Å². The number of carbonyl (C=O) groups excluding carboxylic acids is 2. The summed E-state index contributed by atoms with van der Waals surface area (Å²) in [6, 6.07) is 15.5. The van der Waals surface area contributed by atoms with Gasteiger partial charge in [0.15, 0.2) is 0 Å². The molecule has 1 N–H and O–H groups in total. The van der Waals surface area contributed by atoms with Gasteiger partial charge in [-0.1, -0.05) is 36.4 Å². The van der Waals surface area contributed by atoms with Gasteiger partial charge in [0.2, 0.25) is 5.91 Å². The van der Waals surface area contributed by atoms with Gasteiger partial charge in [0.25, 0.3) is 5.91 Å². The Hall–Kier alpha value is -2.88. The molecule has 0 bridgehead atoms. The monoisotopic (exact) mass is 320 g/mol. The van der Waals surface area contributed by atoms with E-state index in [4.69, 9.17) is 0 Å². The summed E-state index contributed by atoms with van der Waals surface area (Å²) >= 11 is 0. The number of hydrogen-bond acceptors (Lipinski definition) is 2. The van der Waals surface area contributed by atoms with Crippen molar-refractivity contribution in [1.82, 2.24) is 0 Å². The van der Waals surface area contributed by atoms with Crippen molar-refractivity contribution < 1.29 is 9.59 Å². The first-order valence-corrected chi connectivity index (χ1v) is 8.00. The van der Waals surface area contributed by atoms with Crippen LogP contribution in [-0.2, 0) is 16.0 Å². The Kier molecular flexibility index (Phi) is 4.47. The maximum absolute atomic E-state index is 12.4.